The van der Waals surface area contributed by atoms with Gasteiger partial charge in [-0.25, -0.2) is 4.98 Å². The molecule has 0 saturated carbocycles. The molecule has 0 aliphatic rings. The molecule has 0 bridgehead atoms. The molecule has 1 aromatic carbocycles. The zero-order valence-electron chi connectivity index (χ0n) is 9.09. The monoisotopic (exact) mass is 261 g/mol. The lowest BCUT2D eigenvalue weighted by molar-refractivity contribution is 0.432. The molecular formula is C11H8ClN5O. The fourth-order valence-corrected chi connectivity index (χ4v) is 1.62. The van der Waals surface area contributed by atoms with E-state index in [0.717, 1.165) is 0 Å². The molecule has 0 aliphatic heterocycles. The molecule has 18 heavy (non-hydrogen) atoms. The smallest absolute Gasteiger partial charge is 0.258 e. The number of hydrogen-bond acceptors (Lipinski definition) is 5. The third-order valence-electron chi connectivity index (χ3n) is 2.38. The lowest BCUT2D eigenvalue weighted by Gasteiger charge is -1.98. The lowest BCUT2D eigenvalue weighted by Crippen LogP contribution is -1.87. The fraction of sp³-hybridized carbons (Fsp3) is 0. The van der Waals surface area contributed by atoms with Gasteiger partial charge >= 0.3 is 0 Å². The highest BCUT2D eigenvalue weighted by molar-refractivity contribution is 6.33. The molecular weight excluding hydrogens is 254 g/mol. The first-order chi connectivity index (χ1) is 8.74. The number of aromatic nitrogens is 4. The lowest BCUT2D eigenvalue weighted by atomic mass is 10.2. The molecule has 3 rings (SSSR count). The van der Waals surface area contributed by atoms with Crippen LogP contribution in [0.25, 0.3) is 23.1 Å². The number of nitrogens with zero attached hydrogens (tertiary/aromatic N) is 3. The number of hydrogen-bond donors (Lipinski definition) is 2. The third-order valence-corrected chi connectivity index (χ3v) is 2.72. The molecule has 2 heterocycles. The van der Waals surface area contributed by atoms with Gasteiger partial charge in [0.25, 0.3) is 5.89 Å². The molecule has 3 N–H and O–H groups in total. The van der Waals surface area contributed by atoms with Crippen molar-refractivity contribution in [3.05, 3.63) is 35.6 Å². The maximum atomic E-state index is 5.85. The van der Waals surface area contributed by atoms with Gasteiger partial charge in [0.1, 0.15) is 0 Å². The molecule has 0 amide bonds. The predicted molar refractivity (Wildman–Crippen MR) is 66.7 cm³/mol. The quantitative estimate of drug-likeness (QED) is 0.691. The second-order valence-corrected chi connectivity index (χ2v) is 4.00. The number of rotatable bonds is 2. The van der Waals surface area contributed by atoms with E-state index in [2.05, 4.69) is 20.1 Å². The minimum atomic E-state index is 0.366. The van der Waals surface area contributed by atoms with Crippen LogP contribution < -0.4 is 5.73 Å². The maximum Gasteiger partial charge on any atom is 0.258 e. The number of H-pyrrole nitrogens is 1. The number of nitrogens with two attached hydrogens (primary N) is 1. The second-order valence-electron chi connectivity index (χ2n) is 3.60. The number of imidazole rings is 1. The second kappa shape index (κ2) is 4.15. The number of benzene rings is 1. The van der Waals surface area contributed by atoms with Gasteiger partial charge in [0.15, 0.2) is 5.82 Å². The number of nitrogen functional groups attached to an aromatic ring is 1. The number of aromatic amines is 1. The van der Waals surface area contributed by atoms with E-state index in [-0.39, 0.29) is 0 Å². The Kier molecular flexibility index (Phi) is 2.49. The molecule has 6 nitrogen and oxygen atoms in total. The summed E-state index contributed by atoms with van der Waals surface area (Å²) in [6.07, 6.45) is 3.30. The van der Waals surface area contributed by atoms with E-state index in [1.54, 1.807) is 30.6 Å². The van der Waals surface area contributed by atoms with E-state index < -0.39 is 0 Å². The molecule has 2 aromatic heterocycles. The van der Waals surface area contributed by atoms with E-state index in [4.69, 9.17) is 21.9 Å². The molecule has 0 aliphatic carbocycles. The minimum absolute atomic E-state index is 0.366. The Bertz CT molecular complexity index is 677. The average molecular weight is 262 g/mol. The largest absolute Gasteiger partial charge is 0.398 e. The summed E-state index contributed by atoms with van der Waals surface area (Å²) in [6.45, 7) is 0. The van der Waals surface area contributed by atoms with E-state index in [1.165, 1.54) is 0 Å². The summed E-state index contributed by atoms with van der Waals surface area (Å²) in [6, 6.07) is 5.13. The van der Waals surface area contributed by atoms with Crippen molar-refractivity contribution in [1.82, 2.24) is 20.1 Å². The molecule has 7 heteroatoms. The van der Waals surface area contributed by atoms with Crippen LogP contribution in [0.3, 0.4) is 0 Å². The van der Waals surface area contributed by atoms with E-state index in [1.807, 2.05) is 0 Å². The molecule has 0 radical (unpaired) electrons. The number of nitrogens with one attached hydrogen (secondary N) is 1. The summed E-state index contributed by atoms with van der Waals surface area (Å²) in [5, 5.41) is 4.32. The minimum Gasteiger partial charge on any atom is -0.398 e. The molecule has 0 fully saturated rings. The summed E-state index contributed by atoms with van der Waals surface area (Å²) >= 11 is 5.85. The van der Waals surface area contributed by atoms with Crippen molar-refractivity contribution < 1.29 is 4.52 Å². The van der Waals surface area contributed by atoms with Crippen LogP contribution >= 0.6 is 11.6 Å². The van der Waals surface area contributed by atoms with E-state index >= 15 is 0 Å². The van der Waals surface area contributed by atoms with Crippen molar-refractivity contribution in [2.45, 2.75) is 0 Å². The topological polar surface area (TPSA) is 93.6 Å². The van der Waals surface area contributed by atoms with Crippen molar-refractivity contribution in [2.75, 3.05) is 5.73 Å². The summed E-state index contributed by atoms with van der Waals surface area (Å²) < 4.78 is 5.15. The van der Waals surface area contributed by atoms with E-state index in [0.29, 0.717) is 33.8 Å². The van der Waals surface area contributed by atoms with Gasteiger partial charge in [-0.1, -0.05) is 16.8 Å². The zero-order chi connectivity index (χ0) is 12.5. The maximum absolute atomic E-state index is 5.85. The van der Waals surface area contributed by atoms with Gasteiger partial charge in [0, 0.05) is 18.0 Å². The summed E-state index contributed by atoms with van der Waals surface area (Å²) in [4.78, 5) is 11.2. The summed E-state index contributed by atoms with van der Waals surface area (Å²) in [5.41, 5.74) is 6.89. The van der Waals surface area contributed by atoms with Crippen molar-refractivity contribution in [2.24, 2.45) is 0 Å². The third kappa shape index (κ3) is 1.82. The van der Waals surface area contributed by atoms with Crippen LogP contribution in [0.1, 0.15) is 0 Å². The Morgan fingerprint density at radius 3 is 2.94 bits per heavy atom. The van der Waals surface area contributed by atoms with Crippen LogP contribution in [0.15, 0.2) is 35.1 Å². The van der Waals surface area contributed by atoms with Crippen molar-refractivity contribution in [1.29, 1.82) is 0 Å². The van der Waals surface area contributed by atoms with Crippen LogP contribution in [0.2, 0.25) is 5.02 Å². The highest BCUT2D eigenvalue weighted by atomic mass is 35.5. The van der Waals surface area contributed by atoms with Crippen molar-refractivity contribution >= 4 is 17.3 Å². The van der Waals surface area contributed by atoms with Crippen LogP contribution in [0.4, 0.5) is 5.69 Å². The molecule has 0 saturated heterocycles. The Hall–Kier alpha value is -2.34. The Balaban J connectivity index is 2.00. The van der Waals surface area contributed by atoms with Crippen LogP contribution in [-0.2, 0) is 0 Å². The number of halogens is 1. The summed E-state index contributed by atoms with van der Waals surface area (Å²) in [5.74, 6) is 1.31. The van der Waals surface area contributed by atoms with Gasteiger partial charge in [-0.15, -0.1) is 0 Å². The molecule has 3 aromatic rings. The molecule has 0 unspecified atom stereocenters. The van der Waals surface area contributed by atoms with Gasteiger partial charge in [0.05, 0.1) is 10.7 Å². The highest BCUT2D eigenvalue weighted by Gasteiger charge is 2.12. The fourth-order valence-electron chi connectivity index (χ4n) is 1.50. The molecule has 0 atom stereocenters. The van der Waals surface area contributed by atoms with Gasteiger partial charge in [-0.3, -0.25) is 0 Å². The first-order valence-corrected chi connectivity index (χ1v) is 5.50. The predicted octanol–water partition coefficient (Wildman–Crippen LogP) is 2.36. The normalized spacial score (nSPS) is 10.7. The molecule has 90 valence electrons. The van der Waals surface area contributed by atoms with Crippen molar-refractivity contribution in [3.63, 3.8) is 0 Å². The highest BCUT2D eigenvalue weighted by Crippen LogP contribution is 2.26. The SMILES string of the molecule is Nc1cc(-c2nc(-c3ncc[nH]3)no2)ccc1Cl. The van der Waals surface area contributed by atoms with Crippen LogP contribution in [0, 0.1) is 0 Å². The Morgan fingerprint density at radius 2 is 2.22 bits per heavy atom. The molecule has 0 spiro atoms. The van der Waals surface area contributed by atoms with Crippen LogP contribution in [0.5, 0.6) is 0 Å². The average Bonchev–Trinajstić information content (AvgIpc) is 3.01. The van der Waals surface area contributed by atoms with Crippen LogP contribution in [-0.4, -0.2) is 20.1 Å². The van der Waals surface area contributed by atoms with Gasteiger partial charge in [-0.2, -0.15) is 4.98 Å². The van der Waals surface area contributed by atoms with Gasteiger partial charge < -0.3 is 15.2 Å². The first kappa shape index (κ1) is 10.8. The summed E-state index contributed by atoms with van der Waals surface area (Å²) in [7, 11) is 0. The zero-order valence-corrected chi connectivity index (χ0v) is 9.85. The van der Waals surface area contributed by atoms with Gasteiger partial charge in [0.2, 0.25) is 5.82 Å². The van der Waals surface area contributed by atoms with Gasteiger partial charge in [-0.05, 0) is 18.2 Å². The Labute approximate surface area is 107 Å². The standard InChI is InChI=1S/C11H8ClN5O/c12-7-2-1-6(5-8(7)13)11-16-10(17-18-11)9-14-3-4-15-9/h1-5H,13H2,(H,14,15). The Morgan fingerprint density at radius 1 is 1.33 bits per heavy atom. The number of anilines is 1. The van der Waals surface area contributed by atoms with E-state index in [9.17, 15) is 0 Å². The van der Waals surface area contributed by atoms with Crippen molar-refractivity contribution in [3.8, 4) is 23.1 Å². The first-order valence-electron chi connectivity index (χ1n) is 5.13.